The van der Waals surface area contributed by atoms with Gasteiger partial charge >= 0.3 is 0 Å². The third-order valence-corrected chi connectivity index (χ3v) is 7.10. The molecule has 1 unspecified atom stereocenters. The zero-order chi connectivity index (χ0) is 22.4. The summed E-state index contributed by atoms with van der Waals surface area (Å²) in [5.74, 6) is 1.75. The van der Waals surface area contributed by atoms with E-state index in [1.165, 1.54) is 12.5 Å². The lowest BCUT2D eigenvalue weighted by atomic mass is 9.72. The molecule has 8 nitrogen and oxygen atoms in total. The maximum absolute atomic E-state index is 11.5. The van der Waals surface area contributed by atoms with Gasteiger partial charge in [0.2, 0.25) is 5.91 Å². The molecule has 3 aromatic heterocycles. The molecule has 0 saturated carbocycles. The minimum absolute atomic E-state index is 0.0315. The van der Waals surface area contributed by atoms with Crippen LogP contribution in [0.1, 0.15) is 37.4 Å². The Kier molecular flexibility index (Phi) is 5.07. The molecule has 2 saturated heterocycles. The predicted octanol–water partition coefficient (Wildman–Crippen LogP) is 3.60. The molecule has 2 N–H and O–H groups in total. The summed E-state index contributed by atoms with van der Waals surface area (Å²) in [6, 6.07) is 3.97. The van der Waals surface area contributed by atoms with E-state index in [1.54, 1.807) is 6.20 Å². The van der Waals surface area contributed by atoms with Crippen molar-refractivity contribution in [3.8, 4) is 17.0 Å². The van der Waals surface area contributed by atoms with Crippen molar-refractivity contribution in [1.82, 2.24) is 15.0 Å². The highest BCUT2D eigenvalue weighted by Crippen LogP contribution is 2.46. The highest BCUT2D eigenvalue weighted by molar-refractivity contribution is 5.97. The number of nitrogens with one attached hydrogen (secondary N) is 2. The minimum atomic E-state index is -0.148. The summed E-state index contributed by atoms with van der Waals surface area (Å²) >= 11 is 0. The lowest BCUT2D eigenvalue weighted by molar-refractivity contribution is -0.114. The number of carbonyl (C=O) groups excluding carboxylic acids is 1. The topological polar surface area (TPSA) is 98.4 Å². The molecule has 1 amide bonds. The third kappa shape index (κ3) is 3.67. The molecular weight excluding hydrogens is 420 g/mol. The monoisotopic (exact) mass is 448 g/mol. The zero-order valence-electron chi connectivity index (χ0n) is 18.8. The van der Waals surface area contributed by atoms with Crippen LogP contribution in [0.25, 0.3) is 22.2 Å². The number of ether oxygens (including phenoxy) is 3. The van der Waals surface area contributed by atoms with Crippen molar-refractivity contribution in [2.45, 2.75) is 38.0 Å². The molecule has 3 aliphatic rings. The first-order valence-electron chi connectivity index (χ1n) is 11.7. The van der Waals surface area contributed by atoms with E-state index >= 15 is 0 Å². The maximum Gasteiger partial charge on any atom is 0.222 e. The first kappa shape index (κ1) is 20.6. The van der Waals surface area contributed by atoms with Gasteiger partial charge in [0, 0.05) is 53.6 Å². The number of fused-ring (bicyclic) bond motifs is 3. The number of aromatic amines is 1. The van der Waals surface area contributed by atoms with Crippen LogP contribution >= 0.6 is 0 Å². The Labute approximate surface area is 192 Å². The Morgan fingerprint density at radius 2 is 2.21 bits per heavy atom. The molecule has 2 aliphatic heterocycles. The quantitative estimate of drug-likeness (QED) is 0.619. The molecule has 1 aliphatic carbocycles. The molecule has 0 aromatic carbocycles. The van der Waals surface area contributed by atoms with Crippen LogP contribution in [0.15, 0.2) is 24.5 Å². The standard InChI is InChI=1S/C25H28N4O4/c1-15(30)28-23-7-18-19(9-26-21(18)10-27-23)20-8-22(33-13-16-11-32-12-16)17-3-2-4-25(24(17)29-20)5-6-31-14-25/h7-10,16,26H,2-6,11-14H2,1H3,(H,27,28,30). The molecule has 0 radical (unpaired) electrons. The number of amides is 1. The van der Waals surface area contributed by atoms with Crippen LogP contribution in [0.5, 0.6) is 5.75 Å². The number of hydrogen-bond donors (Lipinski definition) is 2. The van der Waals surface area contributed by atoms with Crippen molar-refractivity contribution in [3.05, 3.63) is 35.8 Å². The fourth-order valence-electron chi connectivity index (χ4n) is 5.28. The molecule has 1 spiro atoms. The van der Waals surface area contributed by atoms with E-state index in [4.69, 9.17) is 19.2 Å². The number of anilines is 1. The lowest BCUT2D eigenvalue weighted by Gasteiger charge is -2.35. The van der Waals surface area contributed by atoms with Crippen LogP contribution in [-0.4, -0.2) is 53.9 Å². The maximum atomic E-state index is 11.5. The summed E-state index contributed by atoms with van der Waals surface area (Å²) in [5, 5.41) is 3.74. The Morgan fingerprint density at radius 3 is 2.97 bits per heavy atom. The van der Waals surface area contributed by atoms with Crippen LogP contribution < -0.4 is 10.1 Å². The first-order valence-corrected chi connectivity index (χ1v) is 11.7. The van der Waals surface area contributed by atoms with Crippen LogP contribution in [-0.2, 0) is 26.1 Å². The van der Waals surface area contributed by atoms with Crippen molar-refractivity contribution in [3.63, 3.8) is 0 Å². The van der Waals surface area contributed by atoms with Gasteiger partial charge in [-0.25, -0.2) is 4.98 Å². The molecule has 6 rings (SSSR count). The Morgan fingerprint density at radius 1 is 1.30 bits per heavy atom. The smallest absolute Gasteiger partial charge is 0.222 e. The molecule has 3 aromatic rings. The van der Waals surface area contributed by atoms with Crippen molar-refractivity contribution < 1.29 is 19.0 Å². The van der Waals surface area contributed by atoms with Crippen LogP contribution in [0.3, 0.4) is 0 Å². The molecule has 2 fully saturated rings. The molecule has 172 valence electrons. The average Bonchev–Trinajstić information content (AvgIpc) is 3.40. The Balaban J connectivity index is 1.47. The van der Waals surface area contributed by atoms with Gasteiger partial charge in [-0.05, 0) is 31.7 Å². The van der Waals surface area contributed by atoms with Crippen LogP contribution in [0.4, 0.5) is 5.82 Å². The SMILES string of the molecule is CC(=O)Nc1cc2c(-c3cc(OCC4COC4)c4c(n3)C3(CCC4)CCOC3)c[nH]c2cn1. The molecule has 1 atom stereocenters. The number of carbonyl (C=O) groups is 1. The molecule has 5 heterocycles. The second kappa shape index (κ2) is 8.11. The van der Waals surface area contributed by atoms with E-state index in [-0.39, 0.29) is 11.3 Å². The van der Waals surface area contributed by atoms with Gasteiger partial charge in [0.25, 0.3) is 0 Å². The van der Waals surface area contributed by atoms with Crippen LogP contribution in [0, 0.1) is 5.92 Å². The van der Waals surface area contributed by atoms with E-state index < -0.39 is 0 Å². The number of nitrogens with zero attached hydrogens (tertiary/aromatic N) is 2. The van der Waals surface area contributed by atoms with E-state index in [9.17, 15) is 4.79 Å². The van der Waals surface area contributed by atoms with Gasteiger partial charge in [0.15, 0.2) is 0 Å². The summed E-state index contributed by atoms with van der Waals surface area (Å²) in [4.78, 5) is 24.4. The predicted molar refractivity (Wildman–Crippen MR) is 123 cm³/mol. The highest BCUT2D eigenvalue weighted by atomic mass is 16.5. The molecular formula is C25H28N4O4. The Hall–Kier alpha value is -2.97. The van der Waals surface area contributed by atoms with Crippen molar-refractivity contribution in [2.24, 2.45) is 5.92 Å². The van der Waals surface area contributed by atoms with E-state index in [0.717, 1.165) is 85.7 Å². The van der Waals surface area contributed by atoms with Gasteiger partial charge in [0.1, 0.15) is 11.6 Å². The van der Waals surface area contributed by atoms with Crippen molar-refractivity contribution >= 4 is 22.6 Å². The third-order valence-electron chi connectivity index (χ3n) is 7.10. The minimum Gasteiger partial charge on any atom is -0.493 e. The van der Waals surface area contributed by atoms with Gasteiger partial charge in [-0.3, -0.25) is 9.78 Å². The summed E-state index contributed by atoms with van der Waals surface area (Å²) in [5.41, 5.74) is 5.07. The summed E-state index contributed by atoms with van der Waals surface area (Å²) in [6.07, 6.45) is 7.89. The summed E-state index contributed by atoms with van der Waals surface area (Å²) in [6.45, 7) is 5.16. The number of pyridine rings is 2. The second-order valence-electron chi connectivity index (χ2n) is 9.48. The van der Waals surface area contributed by atoms with E-state index in [1.807, 2.05) is 12.3 Å². The fraction of sp³-hybridized carbons (Fsp3) is 0.480. The first-order chi connectivity index (χ1) is 16.1. The van der Waals surface area contributed by atoms with Crippen molar-refractivity contribution in [1.29, 1.82) is 0 Å². The van der Waals surface area contributed by atoms with Gasteiger partial charge in [-0.2, -0.15) is 0 Å². The normalized spacial score (nSPS) is 22.3. The summed E-state index contributed by atoms with van der Waals surface area (Å²) < 4.78 is 17.6. The van der Waals surface area contributed by atoms with Gasteiger partial charge in [0.05, 0.1) is 49.5 Å². The number of aromatic nitrogens is 3. The fourth-order valence-corrected chi connectivity index (χ4v) is 5.28. The number of rotatable bonds is 5. The highest BCUT2D eigenvalue weighted by Gasteiger charge is 2.43. The Bertz CT molecular complexity index is 1210. The second-order valence-corrected chi connectivity index (χ2v) is 9.48. The van der Waals surface area contributed by atoms with Gasteiger partial charge in [-0.1, -0.05) is 0 Å². The van der Waals surface area contributed by atoms with E-state index in [2.05, 4.69) is 21.4 Å². The zero-order valence-corrected chi connectivity index (χ0v) is 18.8. The van der Waals surface area contributed by atoms with Gasteiger partial charge in [-0.15, -0.1) is 0 Å². The molecule has 33 heavy (non-hydrogen) atoms. The van der Waals surface area contributed by atoms with E-state index in [0.29, 0.717) is 18.3 Å². The lowest BCUT2D eigenvalue weighted by Crippen LogP contribution is -2.34. The van der Waals surface area contributed by atoms with Gasteiger partial charge < -0.3 is 24.5 Å². The average molecular weight is 449 g/mol. The number of H-pyrrole nitrogens is 1. The summed E-state index contributed by atoms with van der Waals surface area (Å²) in [7, 11) is 0. The largest absolute Gasteiger partial charge is 0.493 e. The molecule has 0 bridgehead atoms. The molecule has 8 heteroatoms. The van der Waals surface area contributed by atoms with Crippen molar-refractivity contribution in [2.75, 3.05) is 38.4 Å². The number of hydrogen-bond acceptors (Lipinski definition) is 6. The van der Waals surface area contributed by atoms with Crippen LogP contribution in [0.2, 0.25) is 0 Å².